The van der Waals surface area contributed by atoms with Gasteiger partial charge in [0.2, 0.25) is 0 Å². The maximum absolute atomic E-state index is 11.8. The first-order valence-corrected chi connectivity index (χ1v) is 8.02. The van der Waals surface area contributed by atoms with Crippen molar-refractivity contribution in [2.24, 2.45) is 0 Å². The lowest BCUT2D eigenvalue weighted by Crippen LogP contribution is -2.29. The average molecular weight is 346 g/mol. The SMILES string of the molecule is C=CC(=O)c1cccc(-c2ccc(N(CCO)CCO)cc2)c1Cl. The Bertz CT molecular complexity index is 707. The van der Waals surface area contributed by atoms with Gasteiger partial charge in [-0.15, -0.1) is 0 Å². The van der Waals surface area contributed by atoms with E-state index < -0.39 is 0 Å². The molecule has 0 heterocycles. The molecule has 0 aliphatic carbocycles. The fourth-order valence-electron chi connectivity index (χ4n) is 2.52. The summed E-state index contributed by atoms with van der Waals surface area (Å²) in [6.45, 7) is 4.42. The Kier molecular flexibility index (Phi) is 6.55. The largest absolute Gasteiger partial charge is 0.395 e. The van der Waals surface area contributed by atoms with Crippen molar-refractivity contribution >= 4 is 23.1 Å². The fourth-order valence-corrected chi connectivity index (χ4v) is 2.85. The minimum atomic E-state index is -0.212. The third-order valence-corrected chi connectivity index (χ3v) is 4.14. The first-order chi connectivity index (χ1) is 11.6. The Hall–Kier alpha value is -2.14. The van der Waals surface area contributed by atoms with Crippen LogP contribution in [0, 0.1) is 0 Å². The van der Waals surface area contributed by atoms with Crippen LogP contribution in [0.25, 0.3) is 11.1 Å². The smallest absolute Gasteiger partial charge is 0.186 e. The van der Waals surface area contributed by atoms with Crippen LogP contribution in [-0.4, -0.2) is 42.3 Å². The van der Waals surface area contributed by atoms with Crippen molar-refractivity contribution in [1.82, 2.24) is 0 Å². The maximum atomic E-state index is 11.8. The van der Waals surface area contributed by atoms with Gasteiger partial charge in [0, 0.05) is 29.9 Å². The lowest BCUT2D eigenvalue weighted by atomic mass is 10.0. The first kappa shape index (κ1) is 18.2. The molecule has 0 atom stereocenters. The zero-order chi connectivity index (χ0) is 17.5. The van der Waals surface area contributed by atoms with Gasteiger partial charge in [-0.2, -0.15) is 0 Å². The lowest BCUT2D eigenvalue weighted by molar-refractivity contribution is 0.104. The van der Waals surface area contributed by atoms with Gasteiger partial charge in [0.1, 0.15) is 0 Å². The van der Waals surface area contributed by atoms with Crippen molar-refractivity contribution in [3.63, 3.8) is 0 Å². The van der Waals surface area contributed by atoms with Gasteiger partial charge in [0.25, 0.3) is 0 Å². The molecule has 2 aromatic carbocycles. The minimum Gasteiger partial charge on any atom is -0.395 e. The molecule has 5 heteroatoms. The standard InChI is InChI=1S/C19H20ClNO3/c1-2-18(24)17-5-3-4-16(19(17)20)14-6-8-15(9-7-14)21(10-12-22)11-13-23/h2-9,22-23H,1,10-13H2. The molecular weight excluding hydrogens is 326 g/mol. The number of allylic oxidation sites excluding steroid dienone is 1. The van der Waals surface area contributed by atoms with Crippen LogP contribution in [0.3, 0.4) is 0 Å². The van der Waals surface area contributed by atoms with E-state index in [-0.39, 0.29) is 19.0 Å². The van der Waals surface area contributed by atoms with Gasteiger partial charge in [-0.1, -0.05) is 42.4 Å². The van der Waals surface area contributed by atoms with Crippen LogP contribution in [0.15, 0.2) is 55.1 Å². The Morgan fingerprint density at radius 1 is 1.08 bits per heavy atom. The third kappa shape index (κ3) is 4.03. The van der Waals surface area contributed by atoms with Crippen molar-refractivity contribution < 1.29 is 15.0 Å². The molecule has 2 N–H and O–H groups in total. The van der Waals surface area contributed by atoms with Gasteiger partial charge in [-0.25, -0.2) is 0 Å². The molecular formula is C19H20ClNO3. The van der Waals surface area contributed by atoms with Crippen LogP contribution in [0.4, 0.5) is 5.69 Å². The molecule has 0 radical (unpaired) electrons. The molecule has 0 aliphatic heterocycles. The minimum absolute atomic E-state index is 0.0132. The molecule has 0 aliphatic rings. The van der Waals surface area contributed by atoms with E-state index >= 15 is 0 Å². The number of carbonyl (C=O) groups is 1. The van der Waals surface area contributed by atoms with Gasteiger partial charge >= 0.3 is 0 Å². The van der Waals surface area contributed by atoms with Crippen molar-refractivity contribution in [2.75, 3.05) is 31.2 Å². The molecule has 2 aromatic rings. The number of aliphatic hydroxyl groups excluding tert-OH is 2. The second-order valence-electron chi connectivity index (χ2n) is 5.22. The number of halogens is 1. The Morgan fingerprint density at radius 2 is 1.71 bits per heavy atom. The van der Waals surface area contributed by atoms with Crippen LogP contribution in [0.1, 0.15) is 10.4 Å². The highest BCUT2D eigenvalue weighted by Gasteiger charge is 2.13. The highest BCUT2D eigenvalue weighted by Crippen LogP contribution is 2.32. The molecule has 0 unspecified atom stereocenters. The van der Waals surface area contributed by atoms with E-state index in [9.17, 15) is 4.79 Å². The van der Waals surface area contributed by atoms with Gasteiger partial charge in [0.15, 0.2) is 5.78 Å². The van der Waals surface area contributed by atoms with Crippen molar-refractivity contribution in [1.29, 1.82) is 0 Å². The summed E-state index contributed by atoms with van der Waals surface area (Å²) in [6, 6.07) is 12.9. The van der Waals surface area contributed by atoms with E-state index in [4.69, 9.17) is 21.8 Å². The molecule has 126 valence electrons. The summed E-state index contributed by atoms with van der Waals surface area (Å²) in [5.74, 6) is -0.212. The van der Waals surface area contributed by atoms with Crippen LogP contribution in [0.2, 0.25) is 5.02 Å². The van der Waals surface area contributed by atoms with Gasteiger partial charge in [-0.3, -0.25) is 4.79 Å². The van der Waals surface area contributed by atoms with E-state index in [1.807, 2.05) is 35.2 Å². The molecule has 0 spiro atoms. The lowest BCUT2D eigenvalue weighted by Gasteiger charge is -2.23. The summed E-state index contributed by atoms with van der Waals surface area (Å²) in [5, 5.41) is 18.6. The number of hydrogen-bond acceptors (Lipinski definition) is 4. The zero-order valence-electron chi connectivity index (χ0n) is 13.3. The molecule has 0 fully saturated rings. The van der Waals surface area contributed by atoms with Gasteiger partial charge in [-0.05, 0) is 29.8 Å². The first-order valence-electron chi connectivity index (χ1n) is 7.64. The van der Waals surface area contributed by atoms with E-state index in [0.717, 1.165) is 16.8 Å². The highest BCUT2D eigenvalue weighted by atomic mass is 35.5. The summed E-state index contributed by atoms with van der Waals surface area (Å²) < 4.78 is 0. The summed E-state index contributed by atoms with van der Waals surface area (Å²) in [7, 11) is 0. The summed E-state index contributed by atoms with van der Waals surface area (Å²) in [4.78, 5) is 13.7. The summed E-state index contributed by atoms with van der Waals surface area (Å²) >= 11 is 6.37. The molecule has 0 bridgehead atoms. The van der Waals surface area contributed by atoms with Crippen LogP contribution >= 0.6 is 11.6 Å². The van der Waals surface area contributed by atoms with Crippen molar-refractivity contribution in [2.45, 2.75) is 0 Å². The second kappa shape index (κ2) is 8.64. The van der Waals surface area contributed by atoms with Crippen LogP contribution in [-0.2, 0) is 0 Å². The molecule has 0 amide bonds. The zero-order valence-corrected chi connectivity index (χ0v) is 14.0. The number of benzene rings is 2. The monoisotopic (exact) mass is 345 g/mol. The number of hydrogen-bond donors (Lipinski definition) is 2. The molecule has 2 rings (SSSR count). The Morgan fingerprint density at radius 3 is 2.25 bits per heavy atom. The van der Waals surface area contributed by atoms with E-state index in [2.05, 4.69) is 6.58 Å². The Labute approximate surface area is 146 Å². The van der Waals surface area contributed by atoms with Crippen LogP contribution in [0.5, 0.6) is 0 Å². The molecule has 0 aromatic heterocycles. The predicted octanol–water partition coefficient (Wildman–Crippen LogP) is 3.17. The third-order valence-electron chi connectivity index (χ3n) is 3.73. The van der Waals surface area contributed by atoms with Gasteiger partial charge in [0.05, 0.1) is 18.2 Å². The number of nitrogens with zero attached hydrogens (tertiary/aromatic N) is 1. The second-order valence-corrected chi connectivity index (χ2v) is 5.59. The van der Waals surface area contributed by atoms with E-state index in [1.54, 1.807) is 12.1 Å². The number of aliphatic hydroxyl groups is 2. The summed E-state index contributed by atoms with van der Waals surface area (Å²) in [5.41, 5.74) is 2.98. The quantitative estimate of drug-likeness (QED) is 0.570. The van der Waals surface area contributed by atoms with Crippen LogP contribution < -0.4 is 4.90 Å². The maximum Gasteiger partial charge on any atom is 0.186 e. The topological polar surface area (TPSA) is 60.8 Å². The average Bonchev–Trinajstić information content (AvgIpc) is 2.61. The van der Waals surface area contributed by atoms with Crippen molar-refractivity contribution in [3.05, 3.63) is 65.7 Å². The molecule has 24 heavy (non-hydrogen) atoms. The molecule has 0 saturated carbocycles. The van der Waals surface area contributed by atoms with Gasteiger partial charge < -0.3 is 15.1 Å². The molecule has 0 saturated heterocycles. The van der Waals surface area contributed by atoms with Crippen molar-refractivity contribution in [3.8, 4) is 11.1 Å². The predicted molar refractivity (Wildman–Crippen MR) is 97.8 cm³/mol. The number of rotatable bonds is 8. The fraction of sp³-hybridized carbons (Fsp3) is 0.211. The highest BCUT2D eigenvalue weighted by molar-refractivity contribution is 6.37. The van der Waals surface area contributed by atoms with E-state index in [1.165, 1.54) is 6.08 Å². The number of carbonyl (C=O) groups excluding carboxylic acids is 1. The normalized spacial score (nSPS) is 10.5. The molecule has 4 nitrogen and oxygen atoms in total. The number of anilines is 1. The number of ketones is 1. The Balaban J connectivity index is 2.34. The van der Waals surface area contributed by atoms with E-state index in [0.29, 0.717) is 23.7 Å². The summed E-state index contributed by atoms with van der Waals surface area (Å²) in [6.07, 6.45) is 1.25.